The predicted molar refractivity (Wildman–Crippen MR) is 68.7 cm³/mol. The normalized spacial score (nSPS) is 11.2. The predicted octanol–water partition coefficient (Wildman–Crippen LogP) is 1.90. The monoisotopic (exact) mass is 235 g/mol. The Morgan fingerprint density at radius 3 is 2.35 bits per heavy atom. The molecule has 0 atom stereocenters. The molecule has 1 rings (SSSR count). The molecule has 1 aromatic rings. The van der Waals surface area contributed by atoms with Crippen LogP contribution >= 0.6 is 0 Å². The number of hydrogen-bond acceptors (Lipinski definition) is 2. The van der Waals surface area contributed by atoms with Crippen molar-refractivity contribution in [3.63, 3.8) is 0 Å². The van der Waals surface area contributed by atoms with Gasteiger partial charge in [-0.05, 0) is 18.4 Å². The summed E-state index contributed by atoms with van der Waals surface area (Å²) in [5.74, 6) is -0.0449. The molecule has 0 aliphatic rings. The minimum absolute atomic E-state index is 0.0449. The maximum absolute atomic E-state index is 11.7. The van der Waals surface area contributed by atoms with Crippen molar-refractivity contribution >= 4 is 5.91 Å². The zero-order valence-electron chi connectivity index (χ0n) is 10.6. The average molecular weight is 235 g/mol. The van der Waals surface area contributed by atoms with Gasteiger partial charge in [0.25, 0.3) is 0 Å². The number of carbonyl (C=O) groups is 1. The van der Waals surface area contributed by atoms with Crippen LogP contribution in [0.2, 0.25) is 0 Å². The van der Waals surface area contributed by atoms with Gasteiger partial charge >= 0.3 is 0 Å². The number of carbonyl (C=O) groups excluding carboxylic acids is 1. The van der Waals surface area contributed by atoms with Gasteiger partial charge in [0.15, 0.2) is 0 Å². The highest BCUT2D eigenvalue weighted by atomic mass is 16.3. The lowest BCUT2D eigenvalue weighted by Gasteiger charge is -2.25. The van der Waals surface area contributed by atoms with Gasteiger partial charge < -0.3 is 10.4 Å². The van der Waals surface area contributed by atoms with Crippen LogP contribution in [0.3, 0.4) is 0 Å². The van der Waals surface area contributed by atoms with Gasteiger partial charge in [0.1, 0.15) is 0 Å². The van der Waals surface area contributed by atoms with Gasteiger partial charge in [0, 0.05) is 6.54 Å². The van der Waals surface area contributed by atoms with E-state index in [1.54, 1.807) is 0 Å². The van der Waals surface area contributed by atoms with Crippen molar-refractivity contribution in [2.45, 2.75) is 38.7 Å². The third kappa shape index (κ3) is 4.57. The lowest BCUT2D eigenvalue weighted by atomic mass is 9.97. The van der Waals surface area contributed by atoms with Crippen molar-refractivity contribution in [1.82, 2.24) is 5.32 Å². The second-order valence-electron chi connectivity index (χ2n) is 4.37. The Morgan fingerprint density at radius 1 is 1.24 bits per heavy atom. The molecule has 3 nitrogen and oxygen atoms in total. The van der Waals surface area contributed by atoms with E-state index in [-0.39, 0.29) is 5.91 Å². The number of aliphatic hydroxyl groups is 1. The Morgan fingerprint density at radius 2 is 1.82 bits per heavy atom. The van der Waals surface area contributed by atoms with Gasteiger partial charge in [0.05, 0.1) is 12.0 Å². The quantitative estimate of drug-likeness (QED) is 0.791. The van der Waals surface area contributed by atoms with E-state index in [4.69, 9.17) is 0 Å². The highest BCUT2D eigenvalue weighted by Crippen LogP contribution is 2.12. The largest absolute Gasteiger partial charge is 0.388 e. The summed E-state index contributed by atoms with van der Waals surface area (Å²) < 4.78 is 0. The van der Waals surface area contributed by atoms with Crippen molar-refractivity contribution in [2.75, 3.05) is 6.54 Å². The number of benzene rings is 1. The van der Waals surface area contributed by atoms with Crippen molar-refractivity contribution in [2.24, 2.45) is 0 Å². The van der Waals surface area contributed by atoms with Crippen LogP contribution in [0, 0.1) is 0 Å². The van der Waals surface area contributed by atoms with Gasteiger partial charge in [-0.2, -0.15) is 0 Å². The van der Waals surface area contributed by atoms with E-state index >= 15 is 0 Å². The fraction of sp³-hybridized carbons (Fsp3) is 0.500. The molecule has 3 heteroatoms. The van der Waals surface area contributed by atoms with Crippen molar-refractivity contribution in [3.05, 3.63) is 35.9 Å². The standard InChI is InChI=1S/C14H21NO2/c1-3-14(17,4-2)11-15-13(16)10-12-8-6-5-7-9-12/h5-9,17H,3-4,10-11H2,1-2H3,(H,15,16). The van der Waals surface area contributed by atoms with Crippen LogP contribution in [0.4, 0.5) is 0 Å². The van der Waals surface area contributed by atoms with Gasteiger partial charge in [-0.15, -0.1) is 0 Å². The molecule has 0 unspecified atom stereocenters. The van der Waals surface area contributed by atoms with Gasteiger partial charge in [-0.3, -0.25) is 4.79 Å². The fourth-order valence-corrected chi connectivity index (χ4v) is 1.61. The highest BCUT2D eigenvalue weighted by Gasteiger charge is 2.22. The second kappa shape index (κ2) is 6.40. The van der Waals surface area contributed by atoms with Crippen LogP contribution in [0.1, 0.15) is 32.3 Å². The molecule has 0 saturated carbocycles. The Bertz CT molecular complexity index is 344. The van der Waals surface area contributed by atoms with Crippen LogP contribution in [-0.2, 0) is 11.2 Å². The van der Waals surface area contributed by atoms with E-state index in [2.05, 4.69) is 5.32 Å². The molecule has 0 fully saturated rings. The van der Waals surface area contributed by atoms with Crippen LogP contribution in [0.5, 0.6) is 0 Å². The number of amides is 1. The first-order valence-corrected chi connectivity index (χ1v) is 6.12. The molecule has 94 valence electrons. The van der Waals surface area contributed by atoms with E-state index < -0.39 is 5.60 Å². The van der Waals surface area contributed by atoms with Crippen LogP contribution in [0.15, 0.2) is 30.3 Å². The minimum Gasteiger partial charge on any atom is -0.388 e. The number of nitrogens with one attached hydrogen (secondary N) is 1. The summed E-state index contributed by atoms with van der Waals surface area (Å²) in [5, 5.41) is 12.8. The third-order valence-corrected chi connectivity index (χ3v) is 3.14. The lowest BCUT2D eigenvalue weighted by molar-refractivity contribution is -0.121. The Labute approximate surface area is 103 Å². The number of rotatable bonds is 6. The van der Waals surface area contributed by atoms with E-state index in [1.807, 2.05) is 44.2 Å². The molecular weight excluding hydrogens is 214 g/mol. The van der Waals surface area contributed by atoms with E-state index in [0.29, 0.717) is 25.8 Å². The second-order valence-corrected chi connectivity index (χ2v) is 4.37. The summed E-state index contributed by atoms with van der Waals surface area (Å²) in [5.41, 5.74) is 0.216. The molecule has 1 aromatic carbocycles. The number of hydrogen-bond donors (Lipinski definition) is 2. The first kappa shape index (κ1) is 13.7. The van der Waals surface area contributed by atoms with E-state index in [0.717, 1.165) is 5.56 Å². The average Bonchev–Trinajstić information content (AvgIpc) is 2.37. The van der Waals surface area contributed by atoms with E-state index in [1.165, 1.54) is 0 Å². The van der Waals surface area contributed by atoms with E-state index in [9.17, 15) is 9.90 Å². The van der Waals surface area contributed by atoms with Crippen molar-refractivity contribution < 1.29 is 9.90 Å². The fourth-order valence-electron chi connectivity index (χ4n) is 1.61. The third-order valence-electron chi connectivity index (χ3n) is 3.14. The topological polar surface area (TPSA) is 49.3 Å². The summed E-state index contributed by atoms with van der Waals surface area (Å²) in [6.07, 6.45) is 1.66. The zero-order chi connectivity index (χ0) is 12.7. The van der Waals surface area contributed by atoms with Crippen LogP contribution < -0.4 is 5.32 Å². The van der Waals surface area contributed by atoms with Crippen molar-refractivity contribution in [3.8, 4) is 0 Å². The molecule has 0 aliphatic carbocycles. The Hall–Kier alpha value is -1.35. The molecule has 0 aliphatic heterocycles. The summed E-state index contributed by atoms with van der Waals surface area (Å²) in [7, 11) is 0. The lowest BCUT2D eigenvalue weighted by Crippen LogP contribution is -2.42. The molecule has 2 N–H and O–H groups in total. The molecule has 0 bridgehead atoms. The molecule has 0 heterocycles. The first-order valence-electron chi connectivity index (χ1n) is 6.12. The van der Waals surface area contributed by atoms with Gasteiger partial charge in [-0.1, -0.05) is 44.2 Å². The van der Waals surface area contributed by atoms with Crippen molar-refractivity contribution in [1.29, 1.82) is 0 Å². The smallest absolute Gasteiger partial charge is 0.224 e. The maximum atomic E-state index is 11.7. The molecule has 0 radical (unpaired) electrons. The highest BCUT2D eigenvalue weighted by molar-refractivity contribution is 5.78. The summed E-state index contributed by atoms with van der Waals surface area (Å²) in [4.78, 5) is 11.7. The molecule has 0 spiro atoms. The molecule has 17 heavy (non-hydrogen) atoms. The molecule has 0 aromatic heterocycles. The van der Waals surface area contributed by atoms with Crippen LogP contribution in [-0.4, -0.2) is 23.2 Å². The maximum Gasteiger partial charge on any atom is 0.224 e. The van der Waals surface area contributed by atoms with Gasteiger partial charge in [-0.25, -0.2) is 0 Å². The first-order chi connectivity index (χ1) is 8.09. The molecular formula is C14H21NO2. The van der Waals surface area contributed by atoms with Crippen LogP contribution in [0.25, 0.3) is 0 Å². The SMILES string of the molecule is CCC(O)(CC)CNC(=O)Cc1ccccc1. The summed E-state index contributed by atoms with van der Waals surface area (Å²) in [6, 6.07) is 9.60. The minimum atomic E-state index is -0.771. The summed E-state index contributed by atoms with van der Waals surface area (Å²) in [6.45, 7) is 4.17. The Kier molecular flexibility index (Phi) is 5.16. The summed E-state index contributed by atoms with van der Waals surface area (Å²) >= 11 is 0. The Balaban J connectivity index is 2.41. The molecule has 0 saturated heterocycles. The zero-order valence-corrected chi connectivity index (χ0v) is 10.6. The van der Waals surface area contributed by atoms with Gasteiger partial charge in [0.2, 0.25) is 5.91 Å². The molecule has 1 amide bonds.